The summed E-state index contributed by atoms with van der Waals surface area (Å²) in [6.07, 6.45) is 3.46. The van der Waals surface area contributed by atoms with Gasteiger partial charge in [-0.1, -0.05) is 5.16 Å². The first-order valence-electron chi connectivity index (χ1n) is 5.35. The zero-order chi connectivity index (χ0) is 11.7. The second-order valence-corrected chi connectivity index (χ2v) is 3.88. The molecule has 7 nitrogen and oxygen atoms in total. The molecule has 1 aliphatic rings. The monoisotopic (exact) mass is 233 g/mol. The van der Waals surface area contributed by atoms with Crippen LogP contribution in [-0.4, -0.2) is 37.9 Å². The van der Waals surface area contributed by atoms with E-state index in [9.17, 15) is 5.11 Å². The van der Waals surface area contributed by atoms with Crippen molar-refractivity contribution in [2.75, 3.05) is 6.54 Å². The summed E-state index contributed by atoms with van der Waals surface area (Å²) in [5.41, 5.74) is 0. The second kappa shape index (κ2) is 4.19. The fraction of sp³-hybridized carbons (Fsp3) is 0.400. The van der Waals surface area contributed by atoms with Crippen molar-refractivity contribution in [1.82, 2.24) is 25.4 Å². The van der Waals surface area contributed by atoms with Gasteiger partial charge in [0.2, 0.25) is 17.5 Å². The van der Waals surface area contributed by atoms with Gasteiger partial charge in [0.25, 0.3) is 0 Å². The van der Waals surface area contributed by atoms with Crippen LogP contribution in [0, 0.1) is 0 Å². The molecule has 2 N–H and O–H groups in total. The van der Waals surface area contributed by atoms with Gasteiger partial charge in [-0.15, -0.1) is 0 Å². The molecule has 0 bridgehead atoms. The molecule has 1 saturated heterocycles. The molecule has 1 aliphatic heterocycles. The van der Waals surface area contributed by atoms with Gasteiger partial charge in [0, 0.05) is 18.9 Å². The minimum absolute atomic E-state index is 0.0880. The first kappa shape index (κ1) is 10.3. The van der Waals surface area contributed by atoms with E-state index in [1.165, 1.54) is 0 Å². The highest BCUT2D eigenvalue weighted by Crippen LogP contribution is 2.23. The normalized spacial score (nSPS) is 24.1. The van der Waals surface area contributed by atoms with Crippen LogP contribution in [0.5, 0.6) is 0 Å². The molecule has 17 heavy (non-hydrogen) atoms. The molecule has 88 valence electrons. The van der Waals surface area contributed by atoms with Crippen LogP contribution in [0.15, 0.2) is 23.0 Å². The third kappa shape index (κ3) is 2.02. The van der Waals surface area contributed by atoms with Crippen LogP contribution in [0.4, 0.5) is 0 Å². The minimum Gasteiger partial charge on any atom is -0.392 e. The molecule has 3 rings (SSSR count). The fourth-order valence-corrected chi connectivity index (χ4v) is 1.79. The van der Waals surface area contributed by atoms with Gasteiger partial charge < -0.3 is 14.9 Å². The van der Waals surface area contributed by atoms with Crippen molar-refractivity contribution in [3.8, 4) is 11.6 Å². The molecule has 0 spiro atoms. The summed E-state index contributed by atoms with van der Waals surface area (Å²) < 4.78 is 5.14. The highest BCUT2D eigenvalue weighted by molar-refractivity contribution is 5.40. The maximum atomic E-state index is 9.41. The Kier molecular flexibility index (Phi) is 2.54. The standard InChI is InChI=1S/C10H11N5O2/c16-6-4-7(13-5-6)10-14-9(15-17-10)8-11-2-1-3-12-8/h1-3,6-7,13,16H,4-5H2/t6-,7+/m1/s1. The lowest BCUT2D eigenvalue weighted by molar-refractivity contribution is 0.191. The molecule has 2 atom stereocenters. The molecule has 0 aromatic carbocycles. The Balaban J connectivity index is 1.84. The molecule has 0 unspecified atom stereocenters. The van der Waals surface area contributed by atoms with Crippen molar-refractivity contribution in [2.24, 2.45) is 0 Å². The Hall–Kier alpha value is -1.86. The highest BCUT2D eigenvalue weighted by atomic mass is 16.5. The Morgan fingerprint density at radius 1 is 1.29 bits per heavy atom. The van der Waals surface area contributed by atoms with E-state index in [4.69, 9.17) is 4.52 Å². The van der Waals surface area contributed by atoms with Crippen LogP contribution >= 0.6 is 0 Å². The molecular formula is C10H11N5O2. The van der Waals surface area contributed by atoms with Gasteiger partial charge in [0.1, 0.15) is 0 Å². The number of β-amino-alcohol motifs (C(OH)–C–C–N with tert-alkyl or cyclic N) is 1. The SMILES string of the molecule is O[C@H]1CN[C@H](c2nc(-c3ncccn3)no2)C1. The van der Waals surface area contributed by atoms with Gasteiger partial charge in [0.05, 0.1) is 12.1 Å². The summed E-state index contributed by atoms with van der Waals surface area (Å²) in [5.74, 6) is 1.26. The summed E-state index contributed by atoms with van der Waals surface area (Å²) >= 11 is 0. The first-order chi connectivity index (χ1) is 8.33. The maximum Gasteiger partial charge on any atom is 0.244 e. The Bertz CT molecular complexity index is 500. The van der Waals surface area contributed by atoms with Crippen LogP contribution in [0.25, 0.3) is 11.6 Å². The molecule has 2 aromatic rings. The summed E-state index contributed by atoms with van der Waals surface area (Å²) in [5, 5.41) is 16.3. The second-order valence-electron chi connectivity index (χ2n) is 3.88. The summed E-state index contributed by atoms with van der Waals surface area (Å²) in [6, 6.07) is 1.63. The first-order valence-corrected chi connectivity index (χ1v) is 5.35. The smallest absolute Gasteiger partial charge is 0.244 e. The largest absolute Gasteiger partial charge is 0.392 e. The Morgan fingerprint density at radius 2 is 2.12 bits per heavy atom. The molecule has 3 heterocycles. The van der Waals surface area contributed by atoms with E-state index in [1.54, 1.807) is 18.5 Å². The number of hydrogen-bond acceptors (Lipinski definition) is 7. The molecule has 7 heteroatoms. The predicted molar refractivity (Wildman–Crippen MR) is 56.7 cm³/mol. The quantitative estimate of drug-likeness (QED) is 0.748. The number of aliphatic hydroxyl groups excluding tert-OH is 1. The lowest BCUT2D eigenvalue weighted by atomic mass is 10.2. The number of hydrogen-bond donors (Lipinski definition) is 2. The highest BCUT2D eigenvalue weighted by Gasteiger charge is 2.28. The number of rotatable bonds is 2. The van der Waals surface area contributed by atoms with Gasteiger partial charge >= 0.3 is 0 Å². The zero-order valence-corrected chi connectivity index (χ0v) is 8.95. The molecule has 1 fully saturated rings. The van der Waals surface area contributed by atoms with E-state index in [0.29, 0.717) is 30.5 Å². The number of nitrogens with zero attached hydrogens (tertiary/aromatic N) is 4. The lowest BCUT2D eigenvalue weighted by Crippen LogP contribution is -2.15. The lowest BCUT2D eigenvalue weighted by Gasteiger charge is -2.01. The summed E-state index contributed by atoms with van der Waals surface area (Å²) in [6.45, 7) is 0.546. The average Bonchev–Trinajstić information content (AvgIpc) is 2.98. The molecule has 0 amide bonds. The van der Waals surface area contributed by atoms with Crippen LogP contribution in [0.1, 0.15) is 18.4 Å². The number of aromatic nitrogens is 4. The molecule has 2 aromatic heterocycles. The third-order valence-corrected chi connectivity index (χ3v) is 2.61. The van der Waals surface area contributed by atoms with E-state index in [0.717, 1.165) is 0 Å². The third-order valence-electron chi connectivity index (χ3n) is 2.61. The number of aliphatic hydroxyl groups is 1. The minimum atomic E-state index is -0.358. The van der Waals surface area contributed by atoms with Crippen molar-refractivity contribution in [3.05, 3.63) is 24.4 Å². The predicted octanol–water partition coefficient (Wildman–Crippen LogP) is -0.0781. The fourth-order valence-electron chi connectivity index (χ4n) is 1.79. The van der Waals surface area contributed by atoms with Gasteiger partial charge in [-0.2, -0.15) is 4.98 Å². The van der Waals surface area contributed by atoms with Crippen molar-refractivity contribution in [2.45, 2.75) is 18.6 Å². The Morgan fingerprint density at radius 3 is 2.82 bits per heavy atom. The van der Waals surface area contributed by atoms with E-state index in [-0.39, 0.29) is 12.1 Å². The van der Waals surface area contributed by atoms with E-state index in [2.05, 4.69) is 25.4 Å². The van der Waals surface area contributed by atoms with E-state index >= 15 is 0 Å². The molecular weight excluding hydrogens is 222 g/mol. The molecule has 0 aliphatic carbocycles. The van der Waals surface area contributed by atoms with Crippen molar-refractivity contribution < 1.29 is 9.63 Å². The van der Waals surface area contributed by atoms with Gasteiger partial charge in [-0.05, 0) is 12.5 Å². The van der Waals surface area contributed by atoms with Crippen LogP contribution in [0.3, 0.4) is 0 Å². The zero-order valence-electron chi connectivity index (χ0n) is 8.95. The van der Waals surface area contributed by atoms with Gasteiger partial charge in [-0.25, -0.2) is 9.97 Å². The van der Waals surface area contributed by atoms with E-state index < -0.39 is 0 Å². The maximum absolute atomic E-state index is 9.41. The van der Waals surface area contributed by atoms with Crippen molar-refractivity contribution >= 4 is 0 Å². The number of nitrogens with one attached hydrogen (secondary N) is 1. The van der Waals surface area contributed by atoms with E-state index in [1.807, 2.05) is 0 Å². The van der Waals surface area contributed by atoms with Crippen LogP contribution < -0.4 is 5.32 Å². The van der Waals surface area contributed by atoms with Crippen molar-refractivity contribution in [3.63, 3.8) is 0 Å². The van der Waals surface area contributed by atoms with Gasteiger partial charge in [0.15, 0.2) is 0 Å². The summed E-state index contributed by atoms with van der Waals surface area (Å²) in [7, 11) is 0. The molecule has 0 radical (unpaired) electrons. The van der Waals surface area contributed by atoms with Crippen molar-refractivity contribution in [1.29, 1.82) is 0 Å². The Labute approximate surface area is 96.9 Å². The molecule has 0 saturated carbocycles. The summed E-state index contributed by atoms with van der Waals surface area (Å²) in [4.78, 5) is 12.3. The average molecular weight is 233 g/mol. The van der Waals surface area contributed by atoms with Crippen LogP contribution in [-0.2, 0) is 0 Å². The topological polar surface area (TPSA) is 97.0 Å². The van der Waals surface area contributed by atoms with Crippen LogP contribution in [0.2, 0.25) is 0 Å². The van der Waals surface area contributed by atoms with Gasteiger partial charge in [-0.3, -0.25) is 0 Å².